The van der Waals surface area contributed by atoms with Crippen LogP contribution in [0.15, 0.2) is 0 Å². The third-order valence-electron chi connectivity index (χ3n) is 2.84. The molecule has 0 aromatic heterocycles. The zero-order valence-corrected chi connectivity index (χ0v) is 15.8. The second-order valence-corrected chi connectivity index (χ2v) is 5.05. The van der Waals surface area contributed by atoms with Gasteiger partial charge in [-0.15, -0.1) is 0 Å². The van der Waals surface area contributed by atoms with E-state index in [0.29, 0.717) is 72.6 Å². The summed E-state index contributed by atoms with van der Waals surface area (Å²) in [5, 5.41) is 2.71. The molecule has 0 unspecified atom stereocenters. The molecular weight excluding hydrogens is 330 g/mol. The Hall–Kier alpha value is -0.770. The third-order valence-corrected chi connectivity index (χ3v) is 2.84. The zero-order valence-electron chi connectivity index (χ0n) is 15.8. The van der Waals surface area contributed by atoms with Crippen LogP contribution in [0, 0.1) is 0 Å². The Kier molecular flexibility index (Phi) is 20.6. The summed E-state index contributed by atoms with van der Waals surface area (Å²) in [5.41, 5.74) is 0. The van der Waals surface area contributed by atoms with Gasteiger partial charge in [0, 0.05) is 19.8 Å². The highest BCUT2D eigenvalue weighted by atomic mass is 16.6. The fraction of sp³-hybridized carbons (Fsp3) is 0.941. The highest BCUT2D eigenvalue weighted by molar-refractivity contribution is 5.77. The summed E-state index contributed by atoms with van der Waals surface area (Å²) < 4.78 is 31.6. The molecule has 0 rings (SSSR count). The Labute approximate surface area is 151 Å². The average Bonchev–Trinajstić information content (AvgIpc) is 2.62. The van der Waals surface area contributed by atoms with Crippen molar-refractivity contribution >= 4 is 5.91 Å². The van der Waals surface area contributed by atoms with Crippen LogP contribution in [0.1, 0.15) is 20.3 Å². The lowest BCUT2D eigenvalue weighted by Crippen LogP contribution is -2.31. The minimum atomic E-state index is -0.163. The first-order chi connectivity index (χ1) is 12.3. The Morgan fingerprint density at radius 2 is 1.12 bits per heavy atom. The van der Waals surface area contributed by atoms with E-state index >= 15 is 0 Å². The fourth-order valence-corrected chi connectivity index (χ4v) is 1.65. The predicted octanol–water partition coefficient (Wildman–Crippen LogP) is 0.632. The quantitative estimate of drug-likeness (QED) is 0.317. The van der Waals surface area contributed by atoms with Crippen LogP contribution in [0.5, 0.6) is 0 Å². The molecule has 150 valence electrons. The molecule has 0 aromatic carbocycles. The van der Waals surface area contributed by atoms with Crippen LogP contribution in [0.4, 0.5) is 0 Å². The van der Waals surface area contributed by atoms with Gasteiger partial charge in [-0.3, -0.25) is 4.79 Å². The molecule has 0 aromatic rings. The topological polar surface area (TPSA) is 84.5 Å². The van der Waals surface area contributed by atoms with Crippen molar-refractivity contribution in [3.8, 4) is 0 Å². The summed E-state index contributed by atoms with van der Waals surface area (Å²) in [4.78, 5) is 11.5. The standard InChI is InChI=1S/C17H35NO7/c1-3-6-21-10-11-23-12-13-24-14-15-25-16-17(19)18-5-7-22-9-8-20-4-2/h3-16H2,1-2H3,(H,18,19). The van der Waals surface area contributed by atoms with Gasteiger partial charge in [0.05, 0.1) is 59.5 Å². The third kappa shape index (κ3) is 21.2. The van der Waals surface area contributed by atoms with Gasteiger partial charge < -0.3 is 33.7 Å². The van der Waals surface area contributed by atoms with Crippen molar-refractivity contribution in [2.75, 3.05) is 85.8 Å². The molecule has 1 N–H and O–H groups in total. The molecule has 0 aliphatic carbocycles. The second kappa shape index (κ2) is 21.3. The average molecular weight is 365 g/mol. The molecule has 0 aliphatic heterocycles. The van der Waals surface area contributed by atoms with Crippen molar-refractivity contribution in [3.63, 3.8) is 0 Å². The van der Waals surface area contributed by atoms with Crippen molar-refractivity contribution < 1.29 is 33.2 Å². The SMILES string of the molecule is CCCOCCOCCOCCOCC(=O)NCCOCCOCC. The summed E-state index contributed by atoms with van der Waals surface area (Å²) in [6.07, 6.45) is 1.02. The summed E-state index contributed by atoms with van der Waals surface area (Å²) in [7, 11) is 0. The highest BCUT2D eigenvalue weighted by Gasteiger charge is 2.00. The summed E-state index contributed by atoms with van der Waals surface area (Å²) in [6.45, 7) is 10.5. The molecule has 1 amide bonds. The number of ether oxygens (including phenoxy) is 6. The van der Waals surface area contributed by atoms with Gasteiger partial charge >= 0.3 is 0 Å². The van der Waals surface area contributed by atoms with Crippen LogP contribution < -0.4 is 5.32 Å². The van der Waals surface area contributed by atoms with Gasteiger partial charge in [0.1, 0.15) is 6.61 Å². The molecule has 0 radical (unpaired) electrons. The molecule has 0 spiro atoms. The van der Waals surface area contributed by atoms with Crippen LogP contribution in [0.3, 0.4) is 0 Å². The van der Waals surface area contributed by atoms with Gasteiger partial charge in [0.2, 0.25) is 5.91 Å². The number of carbonyl (C=O) groups excluding carboxylic acids is 1. The van der Waals surface area contributed by atoms with E-state index in [4.69, 9.17) is 28.4 Å². The van der Waals surface area contributed by atoms with Crippen molar-refractivity contribution in [1.29, 1.82) is 0 Å². The maximum atomic E-state index is 11.5. The molecule has 0 heterocycles. The van der Waals surface area contributed by atoms with Crippen molar-refractivity contribution in [1.82, 2.24) is 5.32 Å². The van der Waals surface area contributed by atoms with E-state index in [0.717, 1.165) is 13.0 Å². The van der Waals surface area contributed by atoms with Gasteiger partial charge in [0.15, 0.2) is 0 Å². The number of rotatable bonds is 20. The normalized spacial score (nSPS) is 11.0. The fourth-order valence-electron chi connectivity index (χ4n) is 1.65. The van der Waals surface area contributed by atoms with E-state index in [1.807, 2.05) is 6.92 Å². The van der Waals surface area contributed by atoms with Crippen molar-refractivity contribution in [3.05, 3.63) is 0 Å². The molecule has 0 fully saturated rings. The van der Waals surface area contributed by atoms with E-state index in [9.17, 15) is 4.79 Å². The second-order valence-electron chi connectivity index (χ2n) is 5.05. The van der Waals surface area contributed by atoms with Gasteiger partial charge in [-0.25, -0.2) is 0 Å². The molecule has 8 heteroatoms. The minimum Gasteiger partial charge on any atom is -0.379 e. The van der Waals surface area contributed by atoms with Crippen LogP contribution in [0.2, 0.25) is 0 Å². The van der Waals surface area contributed by atoms with Gasteiger partial charge in [0.25, 0.3) is 0 Å². The summed E-state index contributed by atoms with van der Waals surface area (Å²) in [6, 6.07) is 0. The van der Waals surface area contributed by atoms with E-state index in [2.05, 4.69) is 12.2 Å². The maximum Gasteiger partial charge on any atom is 0.246 e. The molecule has 0 bridgehead atoms. The Balaban J connectivity index is 3.12. The van der Waals surface area contributed by atoms with E-state index in [1.165, 1.54) is 0 Å². The van der Waals surface area contributed by atoms with E-state index < -0.39 is 0 Å². The largest absolute Gasteiger partial charge is 0.379 e. The summed E-state index contributed by atoms with van der Waals surface area (Å²) in [5.74, 6) is -0.163. The molecule has 0 saturated heterocycles. The number of hydrogen-bond donors (Lipinski definition) is 1. The van der Waals surface area contributed by atoms with Crippen LogP contribution in [-0.4, -0.2) is 91.7 Å². The van der Waals surface area contributed by atoms with E-state index in [-0.39, 0.29) is 12.5 Å². The van der Waals surface area contributed by atoms with Gasteiger partial charge in [-0.1, -0.05) is 6.92 Å². The molecule has 0 aliphatic rings. The van der Waals surface area contributed by atoms with Gasteiger partial charge in [-0.05, 0) is 13.3 Å². The number of hydrogen-bond acceptors (Lipinski definition) is 7. The van der Waals surface area contributed by atoms with Crippen molar-refractivity contribution in [2.24, 2.45) is 0 Å². The maximum absolute atomic E-state index is 11.5. The lowest BCUT2D eigenvalue weighted by Gasteiger charge is -2.08. The predicted molar refractivity (Wildman–Crippen MR) is 93.9 cm³/mol. The Morgan fingerprint density at radius 3 is 1.68 bits per heavy atom. The van der Waals surface area contributed by atoms with Crippen molar-refractivity contribution in [2.45, 2.75) is 20.3 Å². The smallest absolute Gasteiger partial charge is 0.246 e. The lowest BCUT2D eigenvalue weighted by atomic mass is 10.5. The number of nitrogens with one attached hydrogen (secondary N) is 1. The molecule has 0 saturated carbocycles. The minimum absolute atomic E-state index is 0.0214. The first-order valence-corrected chi connectivity index (χ1v) is 9.04. The first kappa shape index (κ1) is 24.2. The van der Waals surface area contributed by atoms with E-state index in [1.54, 1.807) is 0 Å². The zero-order chi connectivity index (χ0) is 18.4. The molecule has 8 nitrogen and oxygen atoms in total. The molecular formula is C17H35NO7. The van der Waals surface area contributed by atoms with Gasteiger partial charge in [-0.2, -0.15) is 0 Å². The highest BCUT2D eigenvalue weighted by Crippen LogP contribution is 1.84. The van der Waals surface area contributed by atoms with Crippen LogP contribution in [0.25, 0.3) is 0 Å². The number of amides is 1. The lowest BCUT2D eigenvalue weighted by molar-refractivity contribution is -0.126. The Bertz CT molecular complexity index is 280. The monoisotopic (exact) mass is 365 g/mol. The molecule has 25 heavy (non-hydrogen) atoms. The first-order valence-electron chi connectivity index (χ1n) is 9.04. The Morgan fingerprint density at radius 1 is 0.640 bits per heavy atom. The summed E-state index contributed by atoms with van der Waals surface area (Å²) >= 11 is 0. The molecule has 0 atom stereocenters. The number of carbonyl (C=O) groups is 1. The van der Waals surface area contributed by atoms with Crippen LogP contribution >= 0.6 is 0 Å². The van der Waals surface area contributed by atoms with Crippen LogP contribution in [-0.2, 0) is 33.2 Å².